The maximum Gasteiger partial charge on any atom is 0.201 e. The van der Waals surface area contributed by atoms with E-state index < -0.39 is 23.3 Å². The number of phenolic OH excluding ortho intramolecular Hbond substituents is 1. The lowest BCUT2D eigenvalue weighted by Crippen LogP contribution is -2.12. The van der Waals surface area contributed by atoms with Crippen molar-refractivity contribution in [3.8, 4) is 22.6 Å². The summed E-state index contributed by atoms with van der Waals surface area (Å²) in [5, 5.41) is 9.36. The average Bonchev–Trinajstić information content (AvgIpc) is 2.82. The lowest BCUT2D eigenvalue weighted by molar-refractivity contribution is 0.223. The van der Waals surface area contributed by atoms with Gasteiger partial charge in [-0.05, 0) is 67.0 Å². The summed E-state index contributed by atoms with van der Waals surface area (Å²) in [6.45, 7) is 12.5. The first-order chi connectivity index (χ1) is 16.1. The van der Waals surface area contributed by atoms with Crippen molar-refractivity contribution < 1.29 is 32.1 Å². The smallest absolute Gasteiger partial charge is 0.201 e. The molecule has 3 nitrogen and oxygen atoms in total. The third kappa shape index (κ3) is 6.89. The van der Waals surface area contributed by atoms with Gasteiger partial charge in [-0.15, -0.1) is 0 Å². The largest absolute Gasteiger partial charge is 0.508 e. The van der Waals surface area contributed by atoms with E-state index in [4.69, 9.17) is 9.47 Å². The third-order valence-electron chi connectivity index (χ3n) is 5.47. The molecule has 1 N–H and O–H groups in total. The Labute approximate surface area is 198 Å². The van der Waals surface area contributed by atoms with E-state index in [2.05, 4.69) is 13.2 Å². The first-order valence-corrected chi connectivity index (χ1v) is 11.0. The number of hydrogen-bond donors (Lipinski definition) is 1. The maximum absolute atomic E-state index is 14.5. The molecule has 0 heterocycles. The van der Waals surface area contributed by atoms with Gasteiger partial charge in [0.05, 0.1) is 13.2 Å². The number of ether oxygens (including phenoxy) is 2. The van der Waals surface area contributed by atoms with E-state index in [1.807, 2.05) is 6.92 Å². The Morgan fingerprint density at radius 3 is 2.21 bits per heavy atom. The minimum Gasteiger partial charge on any atom is -0.508 e. The highest BCUT2D eigenvalue weighted by molar-refractivity contribution is 5.66. The van der Waals surface area contributed by atoms with Crippen LogP contribution in [-0.2, 0) is 4.74 Å². The van der Waals surface area contributed by atoms with Crippen LogP contribution in [0.3, 0.4) is 0 Å². The van der Waals surface area contributed by atoms with Gasteiger partial charge in [-0.3, -0.25) is 0 Å². The van der Waals surface area contributed by atoms with Gasteiger partial charge in [0.15, 0.2) is 29.0 Å². The molecule has 34 heavy (non-hydrogen) atoms. The molecule has 2 aromatic rings. The molecule has 0 saturated heterocycles. The van der Waals surface area contributed by atoms with Gasteiger partial charge in [-0.2, -0.15) is 8.78 Å². The van der Waals surface area contributed by atoms with Crippen LogP contribution >= 0.6 is 0 Å². The van der Waals surface area contributed by atoms with E-state index in [9.17, 15) is 22.7 Å². The minimum atomic E-state index is -1.16. The molecule has 0 spiro atoms. The quantitative estimate of drug-likeness (QED) is 0.191. The lowest BCUT2D eigenvalue weighted by Gasteiger charge is -2.18. The second kappa shape index (κ2) is 12.3. The van der Waals surface area contributed by atoms with Gasteiger partial charge in [-0.1, -0.05) is 39.1 Å². The lowest BCUT2D eigenvalue weighted by atomic mass is 9.92. The molecule has 0 radical (unpaired) electrons. The predicted molar refractivity (Wildman–Crippen MR) is 126 cm³/mol. The zero-order chi connectivity index (χ0) is 25.4. The Balaban J connectivity index is 1.93. The van der Waals surface area contributed by atoms with Gasteiger partial charge in [0, 0.05) is 5.56 Å². The molecule has 7 heteroatoms. The summed E-state index contributed by atoms with van der Waals surface area (Å²) in [6, 6.07) is 8.52. The number of phenols is 1. The molecule has 0 bridgehead atoms. The van der Waals surface area contributed by atoms with Crippen molar-refractivity contribution in [3.63, 3.8) is 0 Å². The summed E-state index contributed by atoms with van der Waals surface area (Å²) in [5.41, 5.74) is 0.481. The van der Waals surface area contributed by atoms with Gasteiger partial charge in [-0.25, -0.2) is 8.78 Å². The van der Waals surface area contributed by atoms with Gasteiger partial charge < -0.3 is 14.6 Å². The van der Waals surface area contributed by atoms with Crippen LogP contribution < -0.4 is 4.74 Å². The first-order valence-electron chi connectivity index (χ1n) is 11.0. The molecule has 0 amide bonds. The number of aromatic hydroxyl groups is 1. The molecule has 0 fully saturated rings. The highest BCUT2D eigenvalue weighted by Crippen LogP contribution is 2.32. The highest BCUT2D eigenvalue weighted by atomic mass is 19.2. The van der Waals surface area contributed by atoms with E-state index in [0.717, 1.165) is 0 Å². The normalized spacial score (nSPS) is 13.6. The fourth-order valence-corrected chi connectivity index (χ4v) is 3.25. The Morgan fingerprint density at radius 2 is 1.59 bits per heavy atom. The summed E-state index contributed by atoms with van der Waals surface area (Å²) in [7, 11) is 0. The van der Waals surface area contributed by atoms with Crippen molar-refractivity contribution in [2.75, 3.05) is 13.2 Å². The Kier molecular flexibility index (Phi) is 9.78. The zero-order valence-corrected chi connectivity index (χ0v) is 19.6. The van der Waals surface area contributed by atoms with Crippen LogP contribution in [0.15, 0.2) is 72.5 Å². The topological polar surface area (TPSA) is 38.7 Å². The molecule has 2 atom stereocenters. The van der Waals surface area contributed by atoms with Crippen molar-refractivity contribution in [3.05, 3.63) is 84.2 Å². The van der Waals surface area contributed by atoms with Gasteiger partial charge in [0.2, 0.25) is 5.82 Å². The monoisotopic (exact) mass is 478 g/mol. The van der Waals surface area contributed by atoms with Crippen molar-refractivity contribution in [2.24, 2.45) is 11.8 Å². The Morgan fingerprint density at radius 1 is 0.941 bits per heavy atom. The molecule has 0 aromatic heterocycles. The maximum atomic E-state index is 14.5. The number of halogens is 4. The molecule has 2 aromatic carbocycles. The van der Waals surface area contributed by atoms with Crippen molar-refractivity contribution >= 4 is 0 Å². The van der Waals surface area contributed by atoms with Crippen LogP contribution in [0.2, 0.25) is 0 Å². The van der Waals surface area contributed by atoms with E-state index in [1.54, 1.807) is 13.8 Å². The van der Waals surface area contributed by atoms with E-state index in [-0.39, 0.29) is 53.4 Å². The summed E-state index contributed by atoms with van der Waals surface area (Å²) < 4.78 is 67.8. The predicted octanol–water partition coefficient (Wildman–Crippen LogP) is 8.03. The van der Waals surface area contributed by atoms with Crippen LogP contribution in [0, 0.1) is 23.5 Å². The van der Waals surface area contributed by atoms with Gasteiger partial charge in [0.1, 0.15) is 5.75 Å². The highest BCUT2D eigenvalue weighted by Gasteiger charge is 2.20. The molecule has 184 valence electrons. The Bertz CT molecular complexity index is 1040. The molecule has 0 aliphatic heterocycles. The number of allylic oxidation sites excluding steroid dienone is 3. The van der Waals surface area contributed by atoms with Crippen LogP contribution in [0.1, 0.15) is 33.6 Å². The second-order valence-electron chi connectivity index (χ2n) is 8.19. The standard InChI is InChI=1S/C27H30F4O3/c1-6-33-19(5)25(29)24(28)18(4)17(3)8-7-16(2)15-34-23-14-13-22(26(30)27(23)31)20-9-11-21(32)12-10-20/h9-14,16-17,32H,4-8,15H2,1-3H3/b25-24-. The second-order valence-corrected chi connectivity index (χ2v) is 8.19. The molecule has 2 rings (SSSR count). The number of hydrogen-bond acceptors (Lipinski definition) is 3. The third-order valence-corrected chi connectivity index (χ3v) is 5.47. The SMILES string of the molecule is C=C(OCC)/C(F)=C(/F)C(=C)C(C)CCC(C)COc1ccc(-c2ccc(O)cc2)c(F)c1F. The van der Waals surface area contributed by atoms with Crippen LogP contribution in [-0.4, -0.2) is 18.3 Å². The van der Waals surface area contributed by atoms with Gasteiger partial charge >= 0.3 is 0 Å². The molecule has 0 aliphatic rings. The van der Waals surface area contributed by atoms with Crippen molar-refractivity contribution in [2.45, 2.75) is 33.6 Å². The molecular formula is C27H30F4O3. The van der Waals surface area contributed by atoms with Crippen LogP contribution in [0.25, 0.3) is 11.1 Å². The van der Waals surface area contributed by atoms with E-state index >= 15 is 0 Å². The van der Waals surface area contributed by atoms with Crippen LogP contribution in [0.4, 0.5) is 17.6 Å². The molecule has 0 saturated carbocycles. The fraction of sp³-hybridized carbons (Fsp3) is 0.333. The fourth-order valence-electron chi connectivity index (χ4n) is 3.25. The Hall–Kier alpha value is -3.22. The van der Waals surface area contributed by atoms with Gasteiger partial charge in [0.25, 0.3) is 0 Å². The molecular weight excluding hydrogens is 448 g/mol. The first kappa shape index (κ1) is 27.0. The van der Waals surface area contributed by atoms with E-state index in [1.165, 1.54) is 36.4 Å². The molecule has 0 aliphatic carbocycles. The summed E-state index contributed by atoms with van der Waals surface area (Å²) >= 11 is 0. The zero-order valence-electron chi connectivity index (χ0n) is 19.6. The number of benzene rings is 2. The van der Waals surface area contributed by atoms with Crippen molar-refractivity contribution in [1.29, 1.82) is 0 Å². The molecule has 2 unspecified atom stereocenters. The number of rotatable bonds is 12. The minimum absolute atomic E-state index is 0.00408. The van der Waals surface area contributed by atoms with E-state index in [0.29, 0.717) is 18.4 Å². The summed E-state index contributed by atoms with van der Waals surface area (Å²) in [6.07, 6.45) is 1.05. The van der Waals surface area contributed by atoms with Crippen molar-refractivity contribution in [1.82, 2.24) is 0 Å². The summed E-state index contributed by atoms with van der Waals surface area (Å²) in [5.74, 6) is -5.38. The van der Waals surface area contributed by atoms with Crippen LogP contribution in [0.5, 0.6) is 11.5 Å². The average molecular weight is 479 g/mol. The summed E-state index contributed by atoms with van der Waals surface area (Å²) in [4.78, 5) is 0.